The summed E-state index contributed by atoms with van der Waals surface area (Å²) in [5.41, 5.74) is 3.93. The van der Waals surface area contributed by atoms with Crippen molar-refractivity contribution < 1.29 is 4.39 Å². The van der Waals surface area contributed by atoms with E-state index in [2.05, 4.69) is 36.5 Å². The van der Waals surface area contributed by atoms with Gasteiger partial charge in [0.05, 0.1) is 0 Å². The van der Waals surface area contributed by atoms with Crippen molar-refractivity contribution in [2.75, 3.05) is 6.54 Å². The second kappa shape index (κ2) is 5.14. The van der Waals surface area contributed by atoms with Crippen LogP contribution in [0, 0.1) is 5.82 Å². The predicted molar refractivity (Wildman–Crippen MR) is 75.7 cm³/mol. The third-order valence-corrected chi connectivity index (χ3v) is 3.98. The molecule has 1 unspecified atom stereocenters. The van der Waals surface area contributed by atoms with Gasteiger partial charge >= 0.3 is 0 Å². The van der Waals surface area contributed by atoms with Crippen LogP contribution >= 0.6 is 0 Å². The van der Waals surface area contributed by atoms with Crippen molar-refractivity contribution >= 4 is 0 Å². The summed E-state index contributed by atoms with van der Waals surface area (Å²) in [5.74, 6) is 0.437. The first-order valence-electron chi connectivity index (χ1n) is 6.80. The fraction of sp³-hybridized carbons (Fsp3) is 0.294. The lowest BCUT2D eigenvalue weighted by atomic mass is 9.77. The molecule has 2 heteroatoms. The van der Waals surface area contributed by atoms with E-state index < -0.39 is 0 Å². The molecule has 0 amide bonds. The van der Waals surface area contributed by atoms with Gasteiger partial charge in [-0.25, -0.2) is 4.39 Å². The molecule has 0 saturated heterocycles. The molecule has 0 bridgehead atoms. The third kappa shape index (κ3) is 2.54. The van der Waals surface area contributed by atoms with Gasteiger partial charge in [-0.15, -0.1) is 0 Å². The molecule has 98 valence electrons. The molecule has 1 N–H and O–H groups in total. The highest BCUT2D eigenvalue weighted by Crippen LogP contribution is 2.34. The molecule has 0 aliphatic heterocycles. The van der Waals surface area contributed by atoms with Crippen LogP contribution in [0.4, 0.5) is 4.39 Å². The third-order valence-electron chi connectivity index (χ3n) is 3.98. The molecule has 0 spiro atoms. The largest absolute Gasteiger partial charge is 0.310 e. The maximum atomic E-state index is 13.2. The van der Waals surface area contributed by atoms with Crippen molar-refractivity contribution in [1.29, 1.82) is 0 Å². The van der Waals surface area contributed by atoms with Crippen LogP contribution in [0.25, 0.3) is 0 Å². The van der Waals surface area contributed by atoms with E-state index in [1.807, 2.05) is 6.07 Å². The molecule has 3 rings (SSSR count). The van der Waals surface area contributed by atoms with E-state index in [1.54, 1.807) is 12.1 Å². The number of hydrogen-bond acceptors (Lipinski definition) is 1. The van der Waals surface area contributed by atoms with Gasteiger partial charge in [-0.2, -0.15) is 0 Å². The molecule has 2 atom stereocenters. The number of fused-ring (bicyclic) bond motifs is 1. The summed E-state index contributed by atoms with van der Waals surface area (Å²) < 4.78 is 13.2. The van der Waals surface area contributed by atoms with Gasteiger partial charge in [0.25, 0.3) is 0 Å². The minimum atomic E-state index is -0.167. The maximum Gasteiger partial charge on any atom is 0.123 e. The van der Waals surface area contributed by atoms with Gasteiger partial charge < -0.3 is 5.32 Å². The molecular weight excluding hydrogens is 237 g/mol. The highest BCUT2D eigenvalue weighted by atomic mass is 19.1. The Kier molecular flexibility index (Phi) is 3.34. The molecule has 2 aromatic carbocycles. The van der Waals surface area contributed by atoms with Gasteiger partial charge in [0.15, 0.2) is 0 Å². The molecule has 19 heavy (non-hydrogen) atoms. The van der Waals surface area contributed by atoms with Crippen LogP contribution in [0.1, 0.15) is 35.6 Å². The van der Waals surface area contributed by atoms with Crippen molar-refractivity contribution in [3.05, 3.63) is 71.0 Å². The molecule has 1 aliphatic carbocycles. The lowest BCUT2D eigenvalue weighted by molar-refractivity contribution is 0.487. The minimum absolute atomic E-state index is 0.167. The average molecular weight is 255 g/mol. The minimum Gasteiger partial charge on any atom is -0.310 e. The van der Waals surface area contributed by atoms with Crippen LogP contribution < -0.4 is 5.32 Å². The topological polar surface area (TPSA) is 12.0 Å². The monoisotopic (exact) mass is 255 g/mol. The molecule has 0 aromatic heterocycles. The molecule has 2 aromatic rings. The van der Waals surface area contributed by atoms with E-state index >= 15 is 0 Å². The van der Waals surface area contributed by atoms with E-state index in [0.29, 0.717) is 5.92 Å². The summed E-state index contributed by atoms with van der Waals surface area (Å²) in [4.78, 5) is 0. The van der Waals surface area contributed by atoms with Crippen LogP contribution in [-0.4, -0.2) is 6.54 Å². The Bertz CT molecular complexity index is 579. The molecular formula is C17H18FN. The quantitative estimate of drug-likeness (QED) is 0.876. The molecule has 1 nitrogen and oxygen atoms in total. The van der Waals surface area contributed by atoms with E-state index in [9.17, 15) is 4.39 Å². The number of nitrogens with one attached hydrogen (secondary N) is 1. The Morgan fingerprint density at radius 3 is 2.84 bits per heavy atom. The number of halogens is 1. The summed E-state index contributed by atoms with van der Waals surface area (Å²) in [7, 11) is 0. The Morgan fingerprint density at radius 1 is 1.21 bits per heavy atom. The van der Waals surface area contributed by atoms with Crippen LogP contribution in [0.3, 0.4) is 0 Å². The zero-order chi connectivity index (χ0) is 13.2. The highest BCUT2D eigenvalue weighted by Gasteiger charge is 2.25. The Morgan fingerprint density at radius 2 is 2.05 bits per heavy atom. The van der Waals surface area contributed by atoms with Gasteiger partial charge in [-0.05, 0) is 42.2 Å². The summed E-state index contributed by atoms with van der Waals surface area (Å²) in [5, 5.41) is 3.50. The Balaban J connectivity index is 1.59. The van der Waals surface area contributed by atoms with Gasteiger partial charge in [0.2, 0.25) is 0 Å². The van der Waals surface area contributed by atoms with Crippen molar-refractivity contribution in [2.45, 2.75) is 25.3 Å². The SMILES string of the molecule is C[C@H](NCC1Cc2ccccc21)c1cccc(F)c1. The maximum absolute atomic E-state index is 13.2. The summed E-state index contributed by atoms with van der Waals surface area (Å²) in [6.45, 7) is 3.04. The molecule has 0 saturated carbocycles. The van der Waals surface area contributed by atoms with Crippen molar-refractivity contribution in [3.8, 4) is 0 Å². The van der Waals surface area contributed by atoms with Gasteiger partial charge in [0, 0.05) is 18.5 Å². The number of hydrogen-bond donors (Lipinski definition) is 1. The van der Waals surface area contributed by atoms with E-state index in [1.165, 1.54) is 17.2 Å². The Hall–Kier alpha value is -1.67. The van der Waals surface area contributed by atoms with E-state index in [0.717, 1.165) is 18.5 Å². The molecule has 1 aliphatic rings. The lowest BCUT2D eigenvalue weighted by Gasteiger charge is -2.31. The van der Waals surface area contributed by atoms with Gasteiger partial charge in [-0.1, -0.05) is 36.4 Å². The second-order valence-corrected chi connectivity index (χ2v) is 5.28. The predicted octanol–water partition coefficient (Wildman–Crippen LogP) is 3.82. The van der Waals surface area contributed by atoms with E-state index in [4.69, 9.17) is 0 Å². The number of benzene rings is 2. The van der Waals surface area contributed by atoms with Crippen LogP contribution in [0.5, 0.6) is 0 Å². The van der Waals surface area contributed by atoms with E-state index in [-0.39, 0.29) is 11.9 Å². The summed E-state index contributed by atoms with van der Waals surface area (Å²) in [6, 6.07) is 15.6. The fourth-order valence-electron chi connectivity index (χ4n) is 2.76. The normalized spacial score (nSPS) is 18.5. The van der Waals surface area contributed by atoms with Crippen molar-refractivity contribution in [3.63, 3.8) is 0 Å². The van der Waals surface area contributed by atoms with Crippen molar-refractivity contribution in [1.82, 2.24) is 5.32 Å². The second-order valence-electron chi connectivity index (χ2n) is 5.28. The van der Waals surface area contributed by atoms with Gasteiger partial charge in [-0.3, -0.25) is 0 Å². The fourth-order valence-corrected chi connectivity index (χ4v) is 2.76. The Labute approximate surface area is 113 Å². The molecule has 0 heterocycles. The summed E-state index contributed by atoms with van der Waals surface area (Å²) >= 11 is 0. The smallest absolute Gasteiger partial charge is 0.123 e. The zero-order valence-corrected chi connectivity index (χ0v) is 11.1. The van der Waals surface area contributed by atoms with Crippen LogP contribution in [0.2, 0.25) is 0 Å². The first kappa shape index (κ1) is 12.4. The first-order chi connectivity index (χ1) is 9.24. The average Bonchev–Trinajstić information content (AvgIpc) is 2.39. The number of rotatable bonds is 4. The van der Waals surface area contributed by atoms with Gasteiger partial charge in [0.1, 0.15) is 5.82 Å². The van der Waals surface area contributed by atoms with Crippen LogP contribution in [-0.2, 0) is 6.42 Å². The lowest BCUT2D eigenvalue weighted by Crippen LogP contribution is -2.30. The summed E-state index contributed by atoms with van der Waals surface area (Å²) in [6.07, 6.45) is 1.15. The first-order valence-corrected chi connectivity index (χ1v) is 6.80. The molecule has 0 fully saturated rings. The highest BCUT2D eigenvalue weighted by molar-refractivity contribution is 5.40. The van der Waals surface area contributed by atoms with Crippen LogP contribution in [0.15, 0.2) is 48.5 Å². The standard InChI is InChI=1S/C17H18FN/c1-12(13-6-4-7-16(18)10-13)19-11-15-9-14-5-2-3-8-17(14)15/h2-8,10,12,15,19H,9,11H2,1H3/t12-,15?/m0/s1. The zero-order valence-electron chi connectivity index (χ0n) is 11.1. The molecule has 0 radical (unpaired) electrons. The van der Waals surface area contributed by atoms with Crippen molar-refractivity contribution in [2.24, 2.45) is 0 Å².